The minimum atomic E-state index is 0. The van der Waals surface area contributed by atoms with E-state index in [2.05, 4.69) is 63.0 Å². The molecule has 0 fully saturated rings. The smallest absolute Gasteiger partial charge is 0.166 e. The molecule has 0 spiro atoms. The summed E-state index contributed by atoms with van der Waals surface area (Å²) >= 11 is 3.56. The van der Waals surface area contributed by atoms with Crippen LogP contribution in [0.5, 0.6) is 0 Å². The van der Waals surface area contributed by atoms with E-state index in [1.165, 1.54) is 16.7 Å². The molecule has 4 nitrogen and oxygen atoms in total. The Hall–Kier alpha value is -3.70. The Morgan fingerprint density at radius 2 is 1.16 bits per heavy atom. The molecule has 0 amide bonds. The lowest BCUT2D eigenvalue weighted by molar-refractivity contribution is 0.0975. The highest BCUT2D eigenvalue weighted by Crippen LogP contribution is 2.32. The summed E-state index contributed by atoms with van der Waals surface area (Å²) in [6.07, 6.45) is 2.90. The zero-order valence-electron chi connectivity index (χ0n) is 20.6. The van der Waals surface area contributed by atoms with Crippen LogP contribution in [-0.4, -0.2) is 24.7 Å². The molecule has 2 aliphatic rings. The molecule has 0 unspecified atom stereocenters. The van der Waals surface area contributed by atoms with Crippen molar-refractivity contribution in [1.82, 2.24) is 0 Å². The fourth-order valence-electron chi connectivity index (χ4n) is 4.79. The number of ketones is 2. The fraction of sp³-hybridized carbons (Fsp3) is 0.212. The first kappa shape index (κ1) is 27.3. The van der Waals surface area contributed by atoms with Crippen LogP contribution in [0.2, 0.25) is 0 Å². The third kappa shape index (κ3) is 6.59. The van der Waals surface area contributed by atoms with E-state index in [-0.39, 0.29) is 19.0 Å². The first-order valence-corrected chi connectivity index (χ1v) is 13.4. The van der Waals surface area contributed by atoms with Gasteiger partial charge in [-0.2, -0.15) is 0 Å². The zero-order valence-corrected chi connectivity index (χ0v) is 22.2. The van der Waals surface area contributed by atoms with E-state index in [4.69, 9.17) is 0 Å². The van der Waals surface area contributed by atoms with E-state index >= 15 is 0 Å². The number of rotatable bonds is 4. The second-order valence-electron chi connectivity index (χ2n) is 9.40. The molecule has 2 N–H and O–H groups in total. The van der Waals surface area contributed by atoms with Gasteiger partial charge in [0.1, 0.15) is 0 Å². The predicted molar refractivity (Wildman–Crippen MR) is 161 cm³/mol. The van der Waals surface area contributed by atoms with Crippen molar-refractivity contribution in [1.29, 1.82) is 0 Å². The SMILES string of the molecule is C.O=C1CCNc2c(Br)cc(Cc3ccccc3)cc21.O=C1CCNc2ccc(Cc3ccccc3)cc21. The van der Waals surface area contributed by atoms with Crippen LogP contribution in [0.25, 0.3) is 0 Å². The molecule has 2 aliphatic heterocycles. The van der Waals surface area contributed by atoms with Gasteiger partial charge in [-0.1, -0.05) is 74.2 Å². The average Bonchev–Trinajstić information content (AvgIpc) is 2.92. The van der Waals surface area contributed by atoms with E-state index in [0.717, 1.165) is 58.5 Å². The van der Waals surface area contributed by atoms with Crippen molar-refractivity contribution >= 4 is 38.9 Å². The zero-order chi connectivity index (χ0) is 25.6. The molecular formula is C33H33BrN2O2. The van der Waals surface area contributed by atoms with Crippen LogP contribution in [0.4, 0.5) is 11.4 Å². The summed E-state index contributed by atoms with van der Waals surface area (Å²) in [7, 11) is 0. The van der Waals surface area contributed by atoms with Crippen LogP contribution in [0.3, 0.4) is 0 Å². The van der Waals surface area contributed by atoms with Crippen molar-refractivity contribution in [2.24, 2.45) is 0 Å². The number of carbonyl (C=O) groups excluding carboxylic acids is 2. The fourth-order valence-corrected chi connectivity index (χ4v) is 5.44. The van der Waals surface area contributed by atoms with Gasteiger partial charge in [0, 0.05) is 47.2 Å². The number of fused-ring (bicyclic) bond motifs is 2. The number of nitrogens with one attached hydrogen (secondary N) is 2. The van der Waals surface area contributed by atoms with Gasteiger partial charge in [-0.05, 0) is 75.3 Å². The van der Waals surface area contributed by atoms with E-state index in [0.29, 0.717) is 12.8 Å². The Labute approximate surface area is 233 Å². The molecule has 0 saturated carbocycles. The molecule has 4 aromatic rings. The van der Waals surface area contributed by atoms with Crippen molar-refractivity contribution in [3.05, 3.63) is 129 Å². The lowest BCUT2D eigenvalue weighted by atomic mass is 9.96. The molecule has 0 saturated heterocycles. The van der Waals surface area contributed by atoms with E-state index < -0.39 is 0 Å². The molecule has 194 valence electrons. The summed E-state index contributed by atoms with van der Waals surface area (Å²) in [5.74, 6) is 0.475. The molecule has 2 heterocycles. The van der Waals surface area contributed by atoms with E-state index in [1.54, 1.807) is 0 Å². The van der Waals surface area contributed by atoms with E-state index in [9.17, 15) is 9.59 Å². The van der Waals surface area contributed by atoms with Crippen LogP contribution in [0, 0.1) is 0 Å². The van der Waals surface area contributed by atoms with Crippen LogP contribution < -0.4 is 10.6 Å². The number of anilines is 2. The van der Waals surface area contributed by atoms with E-state index in [1.807, 2.05) is 54.6 Å². The van der Waals surface area contributed by atoms with Gasteiger partial charge < -0.3 is 10.6 Å². The van der Waals surface area contributed by atoms with Crippen molar-refractivity contribution in [2.45, 2.75) is 33.1 Å². The number of carbonyl (C=O) groups is 2. The molecule has 6 rings (SSSR count). The van der Waals surface area contributed by atoms with Gasteiger partial charge in [-0.15, -0.1) is 0 Å². The predicted octanol–water partition coefficient (Wildman–Crippen LogP) is 7.95. The summed E-state index contributed by atoms with van der Waals surface area (Å²) in [6, 6.07) is 30.9. The van der Waals surface area contributed by atoms with Crippen LogP contribution >= 0.6 is 15.9 Å². The summed E-state index contributed by atoms with van der Waals surface area (Å²) in [5, 5.41) is 6.55. The quantitative estimate of drug-likeness (QED) is 0.262. The third-order valence-corrected chi connectivity index (χ3v) is 7.28. The van der Waals surface area contributed by atoms with Gasteiger partial charge in [-0.25, -0.2) is 0 Å². The number of hydrogen-bond donors (Lipinski definition) is 2. The number of benzene rings is 4. The Morgan fingerprint density at radius 3 is 1.82 bits per heavy atom. The van der Waals surface area contributed by atoms with Crippen molar-refractivity contribution in [3.8, 4) is 0 Å². The summed E-state index contributed by atoms with van der Waals surface area (Å²) in [5.41, 5.74) is 8.45. The first-order chi connectivity index (χ1) is 18.1. The summed E-state index contributed by atoms with van der Waals surface area (Å²) < 4.78 is 0.976. The normalized spacial score (nSPS) is 13.5. The Balaban J connectivity index is 0.000000173. The summed E-state index contributed by atoms with van der Waals surface area (Å²) in [6.45, 7) is 1.48. The summed E-state index contributed by atoms with van der Waals surface area (Å²) in [4.78, 5) is 23.8. The highest BCUT2D eigenvalue weighted by Gasteiger charge is 2.20. The molecule has 0 aromatic heterocycles. The minimum absolute atomic E-state index is 0. The van der Waals surface area contributed by atoms with Crippen LogP contribution in [0.1, 0.15) is 63.2 Å². The van der Waals surface area contributed by atoms with Gasteiger partial charge in [0.15, 0.2) is 11.6 Å². The maximum Gasteiger partial charge on any atom is 0.166 e. The third-order valence-electron chi connectivity index (χ3n) is 6.66. The molecule has 0 aliphatic carbocycles. The minimum Gasteiger partial charge on any atom is -0.384 e. The van der Waals surface area contributed by atoms with Gasteiger partial charge in [0.05, 0.1) is 5.69 Å². The molecular weight excluding hydrogens is 536 g/mol. The van der Waals surface area contributed by atoms with Gasteiger partial charge >= 0.3 is 0 Å². The molecule has 4 aromatic carbocycles. The second kappa shape index (κ2) is 12.7. The molecule has 38 heavy (non-hydrogen) atoms. The number of Topliss-reactive ketones (excluding diaryl/α,β-unsaturated/α-hetero) is 2. The lowest BCUT2D eigenvalue weighted by Gasteiger charge is -2.19. The standard InChI is InChI=1S/C16H14BrNO.C16H15NO.CH4/c17-14-10-12(8-11-4-2-1-3-5-11)9-13-15(19)6-7-18-16(13)14;18-16-8-9-17-15-7-6-13(11-14(15)16)10-12-4-2-1-3-5-12;/h1-5,9-10,18H,6-8H2;1-7,11,17H,8-10H2;1H4. The second-order valence-corrected chi connectivity index (χ2v) is 10.3. The highest BCUT2D eigenvalue weighted by molar-refractivity contribution is 9.10. The Bertz CT molecular complexity index is 1420. The average molecular weight is 570 g/mol. The number of halogens is 1. The molecule has 0 bridgehead atoms. The Morgan fingerprint density at radius 1 is 0.605 bits per heavy atom. The van der Waals surface area contributed by atoms with Crippen molar-refractivity contribution < 1.29 is 9.59 Å². The Kier molecular flexibility index (Phi) is 9.14. The molecule has 5 heteroatoms. The van der Waals surface area contributed by atoms with Gasteiger partial charge in [-0.3, -0.25) is 9.59 Å². The monoisotopic (exact) mass is 568 g/mol. The van der Waals surface area contributed by atoms with Gasteiger partial charge in [0.2, 0.25) is 0 Å². The first-order valence-electron chi connectivity index (χ1n) is 12.6. The largest absolute Gasteiger partial charge is 0.384 e. The maximum absolute atomic E-state index is 12.0. The maximum atomic E-state index is 12.0. The highest BCUT2D eigenvalue weighted by atomic mass is 79.9. The van der Waals surface area contributed by atoms with Crippen molar-refractivity contribution in [2.75, 3.05) is 23.7 Å². The molecule has 0 radical (unpaired) electrons. The van der Waals surface area contributed by atoms with Gasteiger partial charge in [0.25, 0.3) is 0 Å². The van der Waals surface area contributed by atoms with Crippen molar-refractivity contribution in [3.63, 3.8) is 0 Å². The molecule has 0 atom stereocenters. The van der Waals surface area contributed by atoms with Crippen LogP contribution in [0.15, 0.2) is 95.5 Å². The lowest BCUT2D eigenvalue weighted by Crippen LogP contribution is -2.18. The van der Waals surface area contributed by atoms with Crippen LogP contribution in [-0.2, 0) is 12.8 Å². The topological polar surface area (TPSA) is 58.2 Å². The number of hydrogen-bond acceptors (Lipinski definition) is 4.